The fourth-order valence-corrected chi connectivity index (χ4v) is 4.82. The Morgan fingerprint density at radius 1 is 0.842 bits per heavy atom. The van der Waals surface area contributed by atoms with E-state index in [1.165, 1.54) is 16.5 Å². The number of hydrogen-bond donors (Lipinski definition) is 0. The van der Waals surface area contributed by atoms with Crippen LogP contribution in [0.15, 0.2) is 96.2 Å². The van der Waals surface area contributed by atoms with E-state index >= 15 is 0 Å². The molecule has 6 heteroatoms. The van der Waals surface area contributed by atoms with Gasteiger partial charge in [0, 0.05) is 55.6 Å². The van der Waals surface area contributed by atoms with E-state index in [0.29, 0.717) is 6.61 Å². The third kappa shape index (κ3) is 6.64. The standard InChI is InChI=1S/C32H34N4O2/c1-35-31-13-12-29(21-28(31)11-14-32(35)37)38-19-6-2-5-17-36(18-15-25-8-7-16-33-22-25)24-26-20-27-9-3-4-10-30(27)34-23-26/h3-4,7-14,16,20-23H,2,5-6,15,17-19,24H2,1H3. The third-order valence-electron chi connectivity index (χ3n) is 6.98. The van der Waals surface area contributed by atoms with E-state index in [4.69, 9.17) is 4.74 Å². The van der Waals surface area contributed by atoms with Gasteiger partial charge in [0.2, 0.25) is 0 Å². The molecule has 0 spiro atoms. The Kier molecular flexibility index (Phi) is 8.41. The molecule has 5 aromatic rings. The van der Waals surface area contributed by atoms with E-state index in [-0.39, 0.29) is 5.56 Å². The molecule has 2 aromatic carbocycles. The summed E-state index contributed by atoms with van der Waals surface area (Å²) in [6, 6.07) is 24.0. The van der Waals surface area contributed by atoms with Crippen molar-refractivity contribution in [2.75, 3.05) is 19.7 Å². The molecule has 0 aliphatic heterocycles. The van der Waals surface area contributed by atoms with Crippen molar-refractivity contribution >= 4 is 21.8 Å². The Balaban J connectivity index is 1.13. The van der Waals surface area contributed by atoms with Gasteiger partial charge in [0.1, 0.15) is 5.75 Å². The van der Waals surface area contributed by atoms with E-state index < -0.39 is 0 Å². The van der Waals surface area contributed by atoms with Gasteiger partial charge in [-0.3, -0.25) is 19.7 Å². The number of rotatable bonds is 12. The molecule has 3 heterocycles. The normalized spacial score (nSPS) is 11.4. The highest BCUT2D eigenvalue weighted by Gasteiger charge is 2.09. The van der Waals surface area contributed by atoms with Crippen molar-refractivity contribution in [1.82, 2.24) is 19.4 Å². The molecule has 0 aliphatic rings. The van der Waals surface area contributed by atoms with Crippen LogP contribution in [0.25, 0.3) is 21.8 Å². The second kappa shape index (κ2) is 12.5. The second-order valence-electron chi connectivity index (χ2n) is 9.78. The van der Waals surface area contributed by atoms with Crippen LogP contribution < -0.4 is 10.3 Å². The first-order valence-corrected chi connectivity index (χ1v) is 13.3. The first-order valence-electron chi connectivity index (χ1n) is 13.3. The lowest BCUT2D eigenvalue weighted by Gasteiger charge is -2.22. The molecule has 0 saturated carbocycles. The van der Waals surface area contributed by atoms with Crippen LogP contribution >= 0.6 is 0 Å². The van der Waals surface area contributed by atoms with Gasteiger partial charge in [0.25, 0.3) is 5.56 Å². The number of hydrogen-bond acceptors (Lipinski definition) is 5. The molecule has 0 amide bonds. The summed E-state index contributed by atoms with van der Waals surface area (Å²) in [6.45, 7) is 3.57. The molecule has 0 saturated heterocycles. The summed E-state index contributed by atoms with van der Waals surface area (Å²) < 4.78 is 7.68. The van der Waals surface area contributed by atoms with Crippen LogP contribution in [0.5, 0.6) is 5.75 Å². The number of ether oxygens (including phenoxy) is 1. The minimum Gasteiger partial charge on any atom is -0.494 e. The highest BCUT2D eigenvalue weighted by Crippen LogP contribution is 2.20. The quantitative estimate of drug-likeness (QED) is 0.201. The number of unbranched alkanes of at least 4 members (excludes halogenated alkanes) is 2. The average molecular weight is 507 g/mol. The van der Waals surface area contributed by atoms with E-state index in [1.54, 1.807) is 17.7 Å². The van der Waals surface area contributed by atoms with Crippen molar-refractivity contribution in [2.24, 2.45) is 7.05 Å². The molecule has 5 rings (SSSR count). The van der Waals surface area contributed by atoms with Crippen LogP contribution in [0.3, 0.4) is 0 Å². The van der Waals surface area contributed by atoms with Crippen LogP contribution in [0.1, 0.15) is 30.4 Å². The minimum atomic E-state index is -0.00229. The van der Waals surface area contributed by atoms with Crippen LogP contribution in [0.2, 0.25) is 0 Å². The van der Waals surface area contributed by atoms with Crippen molar-refractivity contribution < 1.29 is 4.74 Å². The van der Waals surface area contributed by atoms with Gasteiger partial charge >= 0.3 is 0 Å². The molecule has 0 atom stereocenters. The maximum absolute atomic E-state index is 11.8. The molecular formula is C32H34N4O2. The maximum atomic E-state index is 11.8. The molecule has 0 bridgehead atoms. The third-order valence-corrected chi connectivity index (χ3v) is 6.98. The number of aryl methyl sites for hydroxylation is 1. The van der Waals surface area contributed by atoms with Gasteiger partial charge in [-0.2, -0.15) is 0 Å². The topological polar surface area (TPSA) is 60.2 Å². The van der Waals surface area contributed by atoms with E-state index in [9.17, 15) is 4.79 Å². The average Bonchev–Trinajstić information content (AvgIpc) is 2.96. The largest absolute Gasteiger partial charge is 0.494 e. The van der Waals surface area contributed by atoms with Gasteiger partial charge < -0.3 is 9.30 Å². The van der Waals surface area contributed by atoms with E-state index in [1.807, 2.05) is 55.0 Å². The summed E-state index contributed by atoms with van der Waals surface area (Å²) in [4.78, 5) is 23.3. The monoisotopic (exact) mass is 506 g/mol. The minimum absolute atomic E-state index is 0.00229. The Morgan fingerprint density at radius 3 is 2.66 bits per heavy atom. The molecule has 38 heavy (non-hydrogen) atoms. The van der Waals surface area contributed by atoms with Crippen LogP contribution in [-0.4, -0.2) is 39.1 Å². The molecular weight excluding hydrogens is 472 g/mol. The highest BCUT2D eigenvalue weighted by molar-refractivity contribution is 5.80. The number of nitrogens with zero attached hydrogens (tertiary/aromatic N) is 4. The zero-order valence-corrected chi connectivity index (χ0v) is 21.9. The van der Waals surface area contributed by atoms with Gasteiger partial charge in [-0.15, -0.1) is 0 Å². The zero-order valence-electron chi connectivity index (χ0n) is 21.9. The zero-order chi connectivity index (χ0) is 26.2. The van der Waals surface area contributed by atoms with E-state index in [0.717, 1.165) is 67.5 Å². The van der Waals surface area contributed by atoms with E-state index in [2.05, 4.69) is 45.2 Å². The summed E-state index contributed by atoms with van der Waals surface area (Å²) in [6.07, 6.45) is 9.97. The number of pyridine rings is 3. The molecule has 0 radical (unpaired) electrons. The summed E-state index contributed by atoms with van der Waals surface area (Å²) >= 11 is 0. The van der Waals surface area contributed by atoms with Gasteiger partial charge in [-0.05, 0) is 85.8 Å². The van der Waals surface area contributed by atoms with Crippen LogP contribution in [-0.2, 0) is 20.0 Å². The lowest BCUT2D eigenvalue weighted by molar-refractivity contribution is 0.253. The lowest BCUT2D eigenvalue weighted by Crippen LogP contribution is -2.27. The summed E-state index contributed by atoms with van der Waals surface area (Å²) in [5, 5.41) is 2.20. The summed E-state index contributed by atoms with van der Waals surface area (Å²) in [5.74, 6) is 0.845. The second-order valence-corrected chi connectivity index (χ2v) is 9.78. The van der Waals surface area contributed by atoms with Gasteiger partial charge in [-0.25, -0.2) is 0 Å². The number of para-hydroxylation sites is 1. The van der Waals surface area contributed by atoms with Crippen molar-refractivity contribution in [2.45, 2.75) is 32.2 Å². The predicted molar refractivity (Wildman–Crippen MR) is 153 cm³/mol. The van der Waals surface area contributed by atoms with Gasteiger partial charge in [0.05, 0.1) is 17.6 Å². The lowest BCUT2D eigenvalue weighted by atomic mass is 10.1. The molecule has 0 fully saturated rings. The van der Waals surface area contributed by atoms with Crippen LogP contribution in [0, 0.1) is 0 Å². The smallest absolute Gasteiger partial charge is 0.250 e. The highest BCUT2D eigenvalue weighted by atomic mass is 16.5. The van der Waals surface area contributed by atoms with Crippen molar-refractivity contribution in [3.8, 4) is 5.75 Å². The molecule has 194 valence electrons. The first-order chi connectivity index (χ1) is 18.7. The molecule has 0 aliphatic carbocycles. The van der Waals surface area contributed by atoms with Crippen molar-refractivity contribution in [3.05, 3.63) is 113 Å². The van der Waals surface area contributed by atoms with Crippen molar-refractivity contribution in [1.29, 1.82) is 0 Å². The number of aromatic nitrogens is 3. The van der Waals surface area contributed by atoms with Crippen LogP contribution in [0.4, 0.5) is 0 Å². The molecule has 6 nitrogen and oxygen atoms in total. The SMILES string of the molecule is Cn1c(=O)ccc2cc(OCCCCCN(CCc3cccnc3)Cc3cnc4ccccc4c3)ccc21. The molecule has 3 aromatic heterocycles. The Hall–Kier alpha value is -4.03. The van der Waals surface area contributed by atoms with Crippen molar-refractivity contribution in [3.63, 3.8) is 0 Å². The molecule has 0 N–H and O–H groups in total. The Morgan fingerprint density at radius 2 is 1.76 bits per heavy atom. The number of fused-ring (bicyclic) bond motifs is 2. The Labute approximate surface area is 223 Å². The summed E-state index contributed by atoms with van der Waals surface area (Å²) in [5.41, 5.74) is 4.45. The molecule has 0 unspecified atom stereocenters. The predicted octanol–water partition coefficient (Wildman–Crippen LogP) is 5.78. The summed E-state index contributed by atoms with van der Waals surface area (Å²) in [7, 11) is 1.79. The maximum Gasteiger partial charge on any atom is 0.250 e. The fraction of sp³-hybridized carbons (Fsp3) is 0.281. The van der Waals surface area contributed by atoms with Gasteiger partial charge in [-0.1, -0.05) is 24.3 Å². The fourth-order valence-electron chi connectivity index (χ4n) is 4.82. The van der Waals surface area contributed by atoms with Gasteiger partial charge in [0.15, 0.2) is 0 Å². The number of benzene rings is 2. The Bertz CT molecular complexity index is 1550. The first kappa shape index (κ1) is 25.6.